The van der Waals surface area contributed by atoms with Gasteiger partial charge in [-0.15, -0.1) is 0 Å². The van der Waals surface area contributed by atoms with Crippen molar-refractivity contribution in [3.05, 3.63) is 41.7 Å². The highest BCUT2D eigenvalue weighted by molar-refractivity contribution is 8.13. The van der Waals surface area contributed by atoms with E-state index in [1.807, 2.05) is 20.0 Å². The van der Waals surface area contributed by atoms with Crippen LogP contribution in [0.2, 0.25) is 0 Å². The molecule has 1 aromatic carbocycles. The molecule has 0 aliphatic carbocycles. The quantitative estimate of drug-likeness (QED) is 0.796. The van der Waals surface area contributed by atoms with Gasteiger partial charge in [0.2, 0.25) is 0 Å². The van der Waals surface area contributed by atoms with E-state index in [4.69, 9.17) is 15.4 Å². The summed E-state index contributed by atoms with van der Waals surface area (Å²) in [5.74, 6) is 0.577. The van der Waals surface area contributed by atoms with Crippen molar-refractivity contribution in [2.45, 2.75) is 24.8 Å². The van der Waals surface area contributed by atoms with Crippen LogP contribution >= 0.6 is 10.7 Å². The summed E-state index contributed by atoms with van der Waals surface area (Å²) in [7, 11) is 3.41. The molecule has 5 nitrogen and oxygen atoms in total. The largest absolute Gasteiger partial charge is 0.487 e. The fraction of sp³-hybridized carbons (Fsp3) is 0.308. The molecule has 0 unspecified atom stereocenters. The molecule has 0 aliphatic rings. The summed E-state index contributed by atoms with van der Waals surface area (Å²) in [6.45, 7) is 2.41. The van der Waals surface area contributed by atoms with Gasteiger partial charge in [0.15, 0.2) is 0 Å². The van der Waals surface area contributed by atoms with Crippen molar-refractivity contribution in [1.82, 2.24) is 9.78 Å². The van der Waals surface area contributed by atoms with Crippen LogP contribution in [0.4, 0.5) is 0 Å². The number of hydrogen-bond donors (Lipinski definition) is 0. The first kappa shape index (κ1) is 14.9. The maximum absolute atomic E-state index is 11.1. The lowest BCUT2D eigenvalue weighted by Crippen LogP contribution is -2.03. The van der Waals surface area contributed by atoms with E-state index in [2.05, 4.69) is 5.10 Å². The van der Waals surface area contributed by atoms with E-state index in [9.17, 15) is 8.42 Å². The topological polar surface area (TPSA) is 61.2 Å². The SMILES string of the molecule is CCc1cc(COc2ccc(S(=O)(=O)Cl)cc2)n(C)n1. The molecule has 0 saturated carbocycles. The summed E-state index contributed by atoms with van der Waals surface area (Å²) in [6, 6.07) is 7.97. The van der Waals surface area contributed by atoms with Crippen molar-refractivity contribution in [3.63, 3.8) is 0 Å². The molecule has 7 heteroatoms. The van der Waals surface area contributed by atoms with Crippen LogP contribution in [0.25, 0.3) is 0 Å². The van der Waals surface area contributed by atoms with Gasteiger partial charge in [-0.25, -0.2) is 8.42 Å². The molecule has 108 valence electrons. The van der Waals surface area contributed by atoms with Gasteiger partial charge in [0, 0.05) is 17.7 Å². The van der Waals surface area contributed by atoms with E-state index in [1.165, 1.54) is 12.1 Å². The number of halogens is 1. The first-order chi connectivity index (χ1) is 9.40. The Morgan fingerprint density at radius 2 is 1.95 bits per heavy atom. The number of ether oxygens (including phenoxy) is 1. The molecule has 0 N–H and O–H groups in total. The highest BCUT2D eigenvalue weighted by atomic mass is 35.7. The predicted octanol–water partition coefficient (Wildman–Crippen LogP) is 2.49. The predicted molar refractivity (Wildman–Crippen MR) is 76.4 cm³/mol. The average molecular weight is 315 g/mol. The van der Waals surface area contributed by atoms with Crippen molar-refractivity contribution in [2.75, 3.05) is 0 Å². The Morgan fingerprint density at radius 1 is 1.30 bits per heavy atom. The number of hydrogen-bond acceptors (Lipinski definition) is 4. The second kappa shape index (κ2) is 5.85. The van der Waals surface area contributed by atoms with E-state index in [-0.39, 0.29) is 4.90 Å². The van der Waals surface area contributed by atoms with Gasteiger partial charge in [-0.2, -0.15) is 5.10 Å². The lowest BCUT2D eigenvalue weighted by Gasteiger charge is -2.06. The molecule has 20 heavy (non-hydrogen) atoms. The maximum atomic E-state index is 11.1. The van der Waals surface area contributed by atoms with Gasteiger partial charge in [-0.05, 0) is 36.8 Å². The number of aromatic nitrogens is 2. The average Bonchev–Trinajstić information content (AvgIpc) is 2.76. The van der Waals surface area contributed by atoms with Gasteiger partial charge in [0.25, 0.3) is 9.05 Å². The molecule has 1 aromatic heterocycles. The molecule has 0 fully saturated rings. The summed E-state index contributed by atoms with van der Waals surface area (Å²) >= 11 is 0. The Bertz CT molecular complexity index is 693. The first-order valence-electron chi connectivity index (χ1n) is 6.09. The standard InChI is InChI=1S/C13H15ClN2O3S/c1-3-10-8-11(16(2)15-10)9-19-12-4-6-13(7-5-12)20(14,17)18/h4-8H,3,9H2,1-2H3. The van der Waals surface area contributed by atoms with Crippen LogP contribution < -0.4 is 4.74 Å². The molecule has 0 bridgehead atoms. The smallest absolute Gasteiger partial charge is 0.261 e. The van der Waals surface area contributed by atoms with E-state index >= 15 is 0 Å². The van der Waals surface area contributed by atoms with Crippen LogP contribution in [0.1, 0.15) is 18.3 Å². The first-order valence-corrected chi connectivity index (χ1v) is 8.40. The second-order valence-electron chi connectivity index (χ2n) is 4.30. The molecule has 0 radical (unpaired) electrons. The number of benzene rings is 1. The molecule has 0 aliphatic heterocycles. The van der Waals surface area contributed by atoms with Gasteiger partial charge >= 0.3 is 0 Å². The Hall–Kier alpha value is -1.53. The Balaban J connectivity index is 2.05. The van der Waals surface area contributed by atoms with Crippen molar-refractivity contribution < 1.29 is 13.2 Å². The summed E-state index contributed by atoms with van der Waals surface area (Å²) in [4.78, 5) is 0.0559. The minimum Gasteiger partial charge on any atom is -0.487 e. The van der Waals surface area contributed by atoms with Crippen LogP contribution in [-0.4, -0.2) is 18.2 Å². The van der Waals surface area contributed by atoms with Crippen molar-refractivity contribution >= 4 is 19.7 Å². The molecule has 0 amide bonds. The van der Waals surface area contributed by atoms with Gasteiger partial charge in [0.05, 0.1) is 16.3 Å². The van der Waals surface area contributed by atoms with E-state index in [0.717, 1.165) is 17.8 Å². The molecule has 2 aromatic rings. The normalized spacial score (nSPS) is 11.6. The van der Waals surface area contributed by atoms with Crippen LogP contribution in [0.3, 0.4) is 0 Å². The molecule has 0 saturated heterocycles. The Kier molecular flexibility index (Phi) is 4.35. The second-order valence-corrected chi connectivity index (χ2v) is 6.87. The van der Waals surface area contributed by atoms with Crippen molar-refractivity contribution in [2.24, 2.45) is 7.05 Å². The highest BCUT2D eigenvalue weighted by Gasteiger charge is 2.10. The zero-order valence-corrected chi connectivity index (χ0v) is 12.8. The maximum Gasteiger partial charge on any atom is 0.261 e. The molecular formula is C13H15ClN2O3S. The zero-order chi connectivity index (χ0) is 14.8. The van der Waals surface area contributed by atoms with Crippen molar-refractivity contribution in [1.29, 1.82) is 0 Å². The Morgan fingerprint density at radius 3 is 2.45 bits per heavy atom. The van der Waals surface area contributed by atoms with Crippen LogP contribution in [-0.2, 0) is 29.1 Å². The fourth-order valence-electron chi connectivity index (χ4n) is 1.74. The Labute approximate surface area is 122 Å². The summed E-state index contributed by atoms with van der Waals surface area (Å²) in [5, 5.41) is 4.33. The van der Waals surface area contributed by atoms with Crippen LogP contribution in [0.15, 0.2) is 35.2 Å². The molecule has 0 atom stereocenters. The number of nitrogens with zero attached hydrogens (tertiary/aromatic N) is 2. The third kappa shape index (κ3) is 3.52. The van der Waals surface area contributed by atoms with Crippen LogP contribution in [0.5, 0.6) is 5.75 Å². The number of rotatable bonds is 5. The zero-order valence-electron chi connectivity index (χ0n) is 11.2. The lowest BCUT2D eigenvalue weighted by molar-refractivity contribution is 0.294. The molecule has 1 heterocycles. The van der Waals surface area contributed by atoms with E-state index < -0.39 is 9.05 Å². The van der Waals surface area contributed by atoms with Gasteiger partial charge < -0.3 is 4.74 Å². The van der Waals surface area contributed by atoms with Gasteiger partial charge in [-0.1, -0.05) is 6.92 Å². The monoisotopic (exact) mass is 314 g/mol. The van der Waals surface area contributed by atoms with Gasteiger partial charge in [-0.3, -0.25) is 4.68 Å². The third-order valence-corrected chi connectivity index (χ3v) is 4.25. The number of aryl methyl sites for hydroxylation is 2. The summed E-state index contributed by atoms with van der Waals surface area (Å²) in [5.41, 5.74) is 1.96. The minimum absolute atomic E-state index is 0.0559. The van der Waals surface area contributed by atoms with E-state index in [1.54, 1.807) is 16.8 Å². The summed E-state index contributed by atoms with van der Waals surface area (Å²) < 4.78 is 29.6. The molecule has 0 spiro atoms. The molecule has 2 rings (SSSR count). The van der Waals surface area contributed by atoms with Crippen molar-refractivity contribution in [3.8, 4) is 5.75 Å². The van der Waals surface area contributed by atoms with E-state index in [0.29, 0.717) is 12.4 Å². The minimum atomic E-state index is -3.69. The summed E-state index contributed by atoms with van der Waals surface area (Å²) in [6.07, 6.45) is 0.871. The molecular weight excluding hydrogens is 300 g/mol. The van der Waals surface area contributed by atoms with Gasteiger partial charge in [0.1, 0.15) is 12.4 Å². The highest BCUT2D eigenvalue weighted by Crippen LogP contribution is 2.20. The fourth-order valence-corrected chi connectivity index (χ4v) is 2.50. The third-order valence-electron chi connectivity index (χ3n) is 2.88. The lowest BCUT2D eigenvalue weighted by atomic mass is 10.3. The van der Waals surface area contributed by atoms with Crippen LogP contribution in [0, 0.1) is 0 Å².